The molecule has 3 nitrogen and oxygen atoms in total. The molecule has 0 bridgehead atoms. The number of furan rings is 1. The van der Waals surface area contributed by atoms with E-state index in [0.717, 1.165) is 12.3 Å². The number of hydrogen-bond acceptors (Lipinski definition) is 3. The summed E-state index contributed by atoms with van der Waals surface area (Å²) >= 11 is 0. The summed E-state index contributed by atoms with van der Waals surface area (Å²) in [5.74, 6) is 1.24. The second-order valence-electron chi connectivity index (χ2n) is 4.46. The predicted molar refractivity (Wildman–Crippen MR) is 52.8 cm³/mol. The first-order chi connectivity index (χ1) is 6.58. The Labute approximate surface area is 83.7 Å². The van der Waals surface area contributed by atoms with Crippen molar-refractivity contribution in [3.63, 3.8) is 0 Å². The number of hydrogen-bond donors (Lipinski definition) is 0. The Kier molecular flexibility index (Phi) is 2.19. The van der Waals surface area contributed by atoms with Crippen molar-refractivity contribution >= 4 is 5.78 Å². The monoisotopic (exact) mass is 193 g/mol. The van der Waals surface area contributed by atoms with E-state index in [-0.39, 0.29) is 5.54 Å². The van der Waals surface area contributed by atoms with Crippen LogP contribution in [0.4, 0.5) is 0 Å². The van der Waals surface area contributed by atoms with E-state index in [9.17, 15) is 4.79 Å². The Morgan fingerprint density at radius 1 is 1.57 bits per heavy atom. The second kappa shape index (κ2) is 3.24. The largest absolute Gasteiger partial charge is 0.468 e. The fourth-order valence-electron chi connectivity index (χ4n) is 1.94. The summed E-state index contributed by atoms with van der Waals surface area (Å²) in [6, 6.07) is 3.82. The molecule has 1 aromatic rings. The van der Waals surface area contributed by atoms with Crippen molar-refractivity contribution in [2.45, 2.75) is 32.4 Å². The first kappa shape index (κ1) is 9.46. The molecule has 14 heavy (non-hydrogen) atoms. The first-order valence-corrected chi connectivity index (χ1v) is 4.87. The third-order valence-corrected chi connectivity index (χ3v) is 2.78. The highest BCUT2D eigenvalue weighted by Crippen LogP contribution is 2.27. The summed E-state index contributed by atoms with van der Waals surface area (Å²) in [5.41, 5.74) is -0.0239. The van der Waals surface area contributed by atoms with E-state index in [0.29, 0.717) is 18.7 Å². The zero-order valence-corrected chi connectivity index (χ0v) is 8.62. The number of nitrogens with zero attached hydrogens (tertiary/aromatic N) is 1. The highest BCUT2D eigenvalue weighted by atomic mass is 16.3. The van der Waals surface area contributed by atoms with Crippen LogP contribution in [-0.2, 0) is 11.3 Å². The Morgan fingerprint density at radius 3 is 2.86 bits per heavy atom. The average molecular weight is 193 g/mol. The van der Waals surface area contributed by atoms with E-state index in [1.54, 1.807) is 6.26 Å². The molecule has 1 aliphatic rings. The Bertz CT molecular complexity index is 327. The van der Waals surface area contributed by atoms with Gasteiger partial charge in [-0.15, -0.1) is 0 Å². The van der Waals surface area contributed by atoms with E-state index in [4.69, 9.17) is 4.42 Å². The molecule has 0 aromatic carbocycles. The lowest BCUT2D eigenvalue weighted by Gasteiger charge is -2.29. The van der Waals surface area contributed by atoms with Gasteiger partial charge < -0.3 is 4.42 Å². The summed E-state index contributed by atoms with van der Waals surface area (Å²) in [4.78, 5) is 13.5. The van der Waals surface area contributed by atoms with Gasteiger partial charge in [-0.25, -0.2) is 0 Å². The molecule has 0 amide bonds. The van der Waals surface area contributed by atoms with Crippen LogP contribution >= 0.6 is 0 Å². The maximum absolute atomic E-state index is 11.3. The van der Waals surface area contributed by atoms with Gasteiger partial charge in [0, 0.05) is 12.0 Å². The minimum Gasteiger partial charge on any atom is -0.468 e. The van der Waals surface area contributed by atoms with Crippen LogP contribution in [0.3, 0.4) is 0 Å². The molecule has 3 heteroatoms. The highest BCUT2D eigenvalue weighted by Gasteiger charge is 2.37. The molecule has 1 aliphatic heterocycles. The van der Waals surface area contributed by atoms with Gasteiger partial charge in [0.15, 0.2) is 0 Å². The molecule has 76 valence electrons. The summed E-state index contributed by atoms with van der Waals surface area (Å²) in [5, 5.41) is 0. The minimum atomic E-state index is -0.0239. The minimum absolute atomic E-state index is 0.0239. The van der Waals surface area contributed by atoms with E-state index >= 15 is 0 Å². The van der Waals surface area contributed by atoms with Gasteiger partial charge in [-0.05, 0) is 26.0 Å². The summed E-state index contributed by atoms with van der Waals surface area (Å²) in [6.45, 7) is 5.47. The van der Waals surface area contributed by atoms with Crippen LogP contribution in [-0.4, -0.2) is 22.8 Å². The van der Waals surface area contributed by atoms with Crippen LogP contribution in [0, 0.1) is 0 Å². The van der Waals surface area contributed by atoms with Crippen LogP contribution < -0.4 is 0 Å². The molecule has 0 saturated carbocycles. The Balaban J connectivity index is 2.08. The second-order valence-corrected chi connectivity index (χ2v) is 4.46. The van der Waals surface area contributed by atoms with Crippen molar-refractivity contribution in [2.24, 2.45) is 0 Å². The van der Waals surface area contributed by atoms with Crippen LogP contribution in [0.15, 0.2) is 22.8 Å². The number of Topliss-reactive ketones (excluding diaryl/α,β-unsaturated/α-hetero) is 1. The van der Waals surface area contributed by atoms with Crippen molar-refractivity contribution in [3.05, 3.63) is 24.2 Å². The van der Waals surface area contributed by atoms with Crippen LogP contribution in [0.5, 0.6) is 0 Å². The van der Waals surface area contributed by atoms with Crippen molar-refractivity contribution < 1.29 is 9.21 Å². The van der Waals surface area contributed by atoms with E-state index < -0.39 is 0 Å². The molecule has 1 fully saturated rings. The van der Waals surface area contributed by atoms with E-state index in [1.807, 2.05) is 12.1 Å². The maximum Gasteiger partial charge on any atom is 0.148 e. The predicted octanol–water partition coefficient (Wildman–Crippen LogP) is 1.83. The SMILES string of the molecule is CC1(C)CC(=O)CN1Cc1ccco1. The topological polar surface area (TPSA) is 33.5 Å². The van der Waals surface area contributed by atoms with Gasteiger partial charge in [0.2, 0.25) is 0 Å². The van der Waals surface area contributed by atoms with Gasteiger partial charge in [-0.3, -0.25) is 9.69 Å². The third kappa shape index (κ3) is 1.73. The quantitative estimate of drug-likeness (QED) is 0.718. The number of carbonyl (C=O) groups is 1. The normalized spacial score (nSPS) is 21.7. The van der Waals surface area contributed by atoms with Crippen molar-refractivity contribution in [1.82, 2.24) is 4.90 Å². The van der Waals surface area contributed by atoms with Gasteiger partial charge >= 0.3 is 0 Å². The average Bonchev–Trinajstić information content (AvgIpc) is 2.61. The lowest BCUT2D eigenvalue weighted by atomic mass is 10.0. The molecule has 0 atom stereocenters. The smallest absolute Gasteiger partial charge is 0.148 e. The first-order valence-electron chi connectivity index (χ1n) is 4.87. The number of carbonyl (C=O) groups excluding carboxylic acids is 1. The van der Waals surface area contributed by atoms with Crippen molar-refractivity contribution in [2.75, 3.05) is 6.54 Å². The lowest BCUT2D eigenvalue weighted by Crippen LogP contribution is -2.37. The standard InChI is InChI=1S/C11H15NO2/c1-11(2)6-9(13)7-12(11)8-10-4-3-5-14-10/h3-5H,6-8H2,1-2H3. The number of ketones is 1. The zero-order chi connectivity index (χ0) is 10.2. The molecule has 0 radical (unpaired) electrons. The van der Waals surface area contributed by atoms with Gasteiger partial charge in [-0.2, -0.15) is 0 Å². The van der Waals surface area contributed by atoms with E-state index in [2.05, 4.69) is 18.7 Å². The highest BCUT2D eigenvalue weighted by molar-refractivity contribution is 5.83. The Morgan fingerprint density at radius 2 is 2.36 bits per heavy atom. The van der Waals surface area contributed by atoms with Crippen LogP contribution in [0.1, 0.15) is 26.0 Å². The number of rotatable bonds is 2. The molecule has 2 heterocycles. The lowest BCUT2D eigenvalue weighted by molar-refractivity contribution is -0.117. The van der Waals surface area contributed by atoms with Crippen LogP contribution in [0.2, 0.25) is 0 Å². The third-order valence-electron chi connectivity index (χ3n) is 2.78. The van der Waals surface area contributed by atoms with Gasteiger partial charge in [0.1, 0.15) is 11.5 Å². The Hall–Kier alpha value is -1.09. The zero-order valence-electron chi connectivity index (χ0n) is 8.62. The summed E-state index contributed by atoms with van der Waals surface area (Å²) in [6.07, 6.45) is 2.31. The molecule has 0 spiro atoms. The molecule has 1 aromatic heterocycles. The van der Waals surface area contributed by atoms with Crippen molar-refractivity contribution in [1.29, 1.82) is 0 Å². The number of likely N-dealkylation sites (tertiary alicyclic amines) is 1. The fourth-order valence-corrected chi connectivity index (χ4v) is 1.94. The van der Waals surface area contributed by atoms with Gasteiger partial charge in [-0.1, -0.05) is 0 Å². The molecular formula is C11H15NO2. The van der Waals surface area contributed by atoms with E-state index in [1.165, 1.54) is 0 Å². The van der Waals surface area contributed by atoms with Gasteiger partial charge in [0.25, 0.3) is 0 Å². The summed E-state index contributed by atoms with van der Waals surface area (Å²) in [7, 11) is 0. The molecule has 0 aliphatic carbocycles. The van der Waals surface area contributed by atoms with Gasteiger partial charge in [0.05, 0.1) is 19.4 Å². The molecule has 2 rings (SSSR count). The molecule has 0 unspecified atom stereocenters. The summed E-state index contributed by atoms with van der Waals surface area (Å²) < 4.78 is 5.27. The van der Waals surface area contributed by atoms with Crippen molar-refractivity contribution in [3.8, 4) is 0 Å². The maximum atomic E-state index is 11.3. The molecule has 1 saturated heterocycles. The fraction of sp³-hybridized carbons (Fsp3) is 0.545. The molecular weight excluding hydrogens is 178 g/mol. The van der Waals surface area contributed by atoms with Crippen LogP contribution in [0.25, 0.3) is 0 Å². The molecule has 0 N–H and O–H groups in total.